The molecule has 0 bridgehead atoms. The van der Waals surface area contributed by atoms with Gasteiger partial charge in [-0.3, -0.25) is 4.68 Å². The third-order valence-corrected chi connectivity index (χ3v) is 7.21. The topological polar surface area (TPSA) is 75.0 Å². The molecule has 0 radical (unpaired) electrons. The maximum absolute atomic E-state index is 15.0. The first-order chi connectivity index (χ1) is 18.5. The van der Waals surface area contributed by atoms with Crippen molar-refractivity contribution in [3.63, 3.8) is 0 Å². The lowest BCUT2D eigenvalue weighted by Gasteiger charge is -2.29. The number of rotatable bonds is 8. The van der Waals surface area contributed by atoms with Gasteiger partial charge in [-0.1, -0.05) is 0 Å². The predicted octanol–water partition coefficient (Wildman–Crippen LogP) is 5.93. The van der Waals surface area contributed by atoms with E-state index in [9.17, 15) is 13.2 Å². The van der Waals surface area contributed by atoms with Crippen LogP contribution in [0.1, 0.15) is 66.4 Å². The monoisotopic (exact) mass is 523 g/mol. The summed E-state index contributed by atoms with van der Waals surface area (Å²) in [7, 11) is 0. The quantitative estimate of drug-likeness (QED) is 0.267. The van der Waals surface area contributed by atoms with Crippen LogP contribution in [-0.2, 0) is 16.1 Å². The van der Waals surface area contributed by atoms with E-state index in [-0.39, 0.29) is 30.8 Å². The highest BCUT2D eigenvalue weighted by Crippen LogP contribution is 2.40. The number of fused-ring (bicyclic) bond motifs is 1. The van der Waals surface area contributed by atoms with Crippen molar-refractivity contribution in [2.75, 3.05) is 19.9 Å². The SMILES string of the molecule is Cc1nc2cc([C@@H]3CCO[C@H](c4cnn(C5CC5)c4)C3)nc(-c3ccc(F)cc3F)c2nc1COCCF. The van der Waals surface area contributed by atoms with Crippen molar-refractivity contribution in [3.8, 4) is 11.3 Å². The highest BCUT2D eigenvalue weighted by Gasteiger charge is 2.30. The Labute approximate surface area is 218 Å². The van der Waals surface area contributed by atoms with Gasteiger partial charge in [-0.05, 0) is 50.8 Å². The van der Waals surface area contributed by atoms with Crippen LogP contribution >= 0.6 is 0 Å². The second kappa shape index (κ2) is 10.4. The van der Waals surface area contributed by atoms with Gasteiger partial charge in [0, 0.05) is 41.6 Å². The Hall–Kier alpha value is -3.37. The standard InChI is InChI=1S/C28H28F3N5O2/c1-16-25(15-37-9-7-29)35-28-24(33-16)12-23(34-27(28)21-5-2-19(30)11-22(21)31)17-6-8-38-26(10-17)18-13-32-36(14-18)20-3-4-20/h2,5,11-14,17,20,26H,3-4,6-10,15H2,1H3/t17-,26+/m1/s1. The molecule has 0 N–H and O–H groups in total. The van der Waals surface area contributed by atoms with Crippen molar-refractivity contribution in [1.82, 2.24) is 24.7 Å². The van der Waals surface area contributed by atoms with Crippen molar-refractivity contribution >= 4 is 11.0 Å². The van der Waals surface area contributed by atoms with E-state index in [0.29, 0.717) is 47.2 Å². The first-order valence-electron chi connectivity index (χ1n) is 12.9. The Bertz CT molecular complexity index is 1470. The number of aromatic nitrogens is 5. The van der Waals surface area contributed by atoms with E-state index < -0.39 is 18.3 Å². The second-order valence-electron chi connectivity index (χ2n) is 9.95. The third kappa shape index (κ3) is 5.02. The molecule has 1 aromatic carbocycles. The fraction of sp³-hybridized carbons (Fsp3) is 0.429. The molecular weight excluding hydrogens is 495 g/mol. The first kappa shape index (κ1) is 24.9. The van der Waals surface area contributed by atoms with Crippen LogP contribution in [0.25, 0.3) is 22.3 Å². The molecule has 3 aromatic heterocycles. The van der Waals surface area contributed by atoms with E-state index >= 15 is 0 Å². The molecule has 1 aliphatic heterocycles. The average Bonchev–Trinajstić information content (AvgIpc) is 3.65. The zero-order chi connectivity index (χ0) is 26.2. The molecule has 2 aliphatic rings. The molecule has 0 amide bonds. The van der Waals surface area contributed by atoms with E-state index in [4.69, 9.17) is 24.4 Å². The van der Waals surface area contributed by atoms with Gasteiger partial charge in [0.2, 0.25) is 0 Å². The molecule has 1 saturated carbocycles. The second-order valence-corrected chi connectivity index (χ2v) is 9.95. The molecule has 1 aliphatic carbocycles. The van der Waals surface area contributed by atoms with Crippen LogP contribution in [0.5, 0.6) is 0 Å². The number of aryl methyl sites for hydroxylation is 1. The van der Waals surface area contributed by atoms with E-state index in [1.54, 1.807) is 6.92 Å². The molecule has 198 valence electrons. The van der Waals surface area contributed by atoms with Crippen molar-refractivity contribution < 1.29 is 22.6 Å². The van der Waals surface area contributed by atoms with E-state index in [1.165, 1.54) is 12.1 Å². The van der Waals surface area contributed by atoms with Crippen molar-refractivity contribution in [2.45, 2.75) is 57.3 Å². The van der Waals surface area contributed by atoms with Gasteiger partial charge in [-0.25, -0.2) is 28.1 Å². The Morgan fingerprint density at radius 2 is 1.97 bits per heavy atom. The van der Waals surface area contributed by atoms with Gasteiger partial charge in [-0.2, -0.15) is 5.10 Å². The summed E-state index contributed by atoms with van der Waals surface area (Å²) in [5.41, 5.74) is 4.33. The summed E-state index contributed by atoms with van der Waals surface area (Å²) in [6.07, 6.45) is 7.58. The number of hydrogen-bond acceptors (Lipinski definition) is 6. The summed E-state index contributed by atoms with van der Waals surface area (Å²) >= 11 is 0. The molecule has 2 atom stereocenters. The smallest absolute Gasteiger partial charge is 0.135 e. The molecule has 38 heavy (non-hydrogen) atoms. The first-order valence-corrected chi connectivity index (χ1v) is 12.9. The lowest BCUT2D eigenvalue weighted by atomic mass is 9.89. The van der Waals surface area contributed by atoms with Crippen LogP contribution in [-0.4, -0.2) is 44.6 Å². The minimum atomic E-state index is -0.731. The number of ether oxygens (including phenoxy) is 2. The normalized spacial score (nSPS) is 19.8. The van der Waals surface area contributed by atoms with Gasteiger partial charge >= 0.3 is 0 Å². The Morgan fingerprint density at radius 3 is 2.76 bits per heavy atom. The fourth-order valence-corrected chi connectivity index (χ4v) is 4.99. The van der Waals surface area contributed by atoms with Crippen LogP contribution < -0.4 is 0 Å². The molecule has 1 saturated heterocycles. The molecule has 10 heteroatoms. The molecule has 7 nitrogen and oxygen atoms in total. The number of benzene rings is 1. The molecule has 0 unspecified atom stereocenters. The van der Waals surface area contributed by atoms with Crippen molar-refractivity contribution in [3.05, 3.63) is 70.9 Å². The minimum absolute atomic E-state index is 0.0411. The maximum atomic E-state index is 15.0. The number of alkyl halides is 1. The summed E-state index contributed by atoms with van der Waals surface area (Å²) in [5, 5.41) is 4.51. The number of halogens is 3. The summed E-state index contributed by atoms with van der Waals surface area (Å²) in [4.78, 5) is 14.3. The van der Waals surface area contributed by atoms with Gasteiger partial charge in [0.05, 0.1) is 48.5 Å². The van der Waals surface area contributed by atoms with E-state index in [0.717, 1.165) is 36.6 Å². The molecule has 2 fully saturated rings. The van der Waals surface area contributed by atoms with Crippen LogP contribution in [0.2, 0.25) is 0 Å². The van der Waals surface area contributed by atoms with Crippen LogP contribution in [0.4, 0.5) is 13.2 Å². The lowest BCUT2D eigenvalue weighted by molar-refractivity contribution is 0.00462. The van der Waals surface area contributed by atoms with Crippen LogP contribution in [0.15, 0.2) is 36.7 Å². The van der Waals surface area contributed by atoms with Crippen molar-refractivity contribution in [1.29, 1.82) is 0 Å². The molecule has 0 spiro atoms. The minimum Gasteiger partial charge on any atom is -0.373 e. The summed E-state index contributed by atoms with van der Waals surface area (Å²) in [6.45, 7) is 1.77. The number of nitrogens with zero attached hydrogens (tertiary/aromatic N) is 5. The lowest BCUT2D eigenvalue weighted by Crippen LogP contribution is -2.19. The number of pyridine rings is 1. The molecule has 4 aromatic rings. The van der Waals surface area contributed by atoms with E-state index in [1.807, 2.05) is 16.9 Å². The van der Waals surface area contributed by atoms with Gasteiger partial charge < -0.3 is 9.47 Å². The maximum Gasteiger partial charge on any atom is 0.135 e. The highest BCUT2D eigenvalue weighted by atomic mass is 19.1. The van der Waals surface area contributed by atoms with Crippen molar-refractivity contribution in [2.24, 2.45) is 0 Å². The number of hydrogen-bond donors (Lipinski definition) is 0. The third-order valence-electron chi connectivity index (χ3n) is 7.21. The van der Waals surface area contributed by atoms with Gasteiger partial charge in [0.15, 0.2) is 0 Å². The van der Waals surface area contributed by atoms with Gasteiger partial charge in [-0.15, -0.1) is 0 Å². The van der Waals surface area contributed by atoms with Gasteiger partial charge in [0.25, 0.3) is 0 Å². The Balaban J connectivity index is 1.39. The fourth-order valence-electron chi connectivity index (χ4n) is 4.99. The zero-order valence-corrected chi connectivity index (χ0v) is 21.0. The van der Waals surface area contributed by atoms with Crippen LogP contribution in [0, 0.1) is 18.6 Å². The average molecular weight is 524 g/mol. The highest BCUT2D eigenvalue weighted by molar-refractivity contribution is 5.89. The zero-order valence-electron chi connectivity index (χ0n) is 21.0. The molecular formula is C28H28F3N5O2. The summed E-state index contributed by atoms with van der Waals surface area (Å²) in [5.74, 6) is -1.36. The summed E-state index contributed by atoms with van der Waals surface area (Å²) in [6, 6.07) is 5.80. The molecule has 6 rings (SSSR count). The molecule has 4 heterocycles. The van der Waals surface area contributed by atoms with E-state index in [2.05, 4.69) is 11.3 Å². The van der Waals surface area contributed by atoms with Crippen LogP contribution in [0.3, 0.4) is 0 Å². The Kier molecular flexibility index (Phi) is 6.84. The predicted molar refractivity (Wildman–Crippen MR) is 134 cm³/mol. The largest absolute Gasteiger partial charge is 0.373 e. The van der Waals surface area contributed by atoms with Gasteiger partial charge in [0.1, 0.15) is 29.5 Å². The Morgan fingerprint density at radius 1 is 1.11 bits per heavy atom. The summed E-state index contributed by atoms with van der Waals surface area (Å²) < 4.78 is 54.7.